The molecule has 2 nitrogen and oxygen atoms in total. The zero-order valence-electron chi connectivity index (χ0n) is 13.5. The van der Waals surface area contributed by atoms with E-state index in [4.69, 9.17) is 4.74 Å². The van der Waals surface area contributed by atoms with Crippen molar-refractivity contribution in [2.75, 3.05) is 7.11 Å². The molecule has 0 aliphatic heterocycles. The van der Waals surface area contributed by atoms with Gasteiger partial charge in [0.1, 0.15) is 11.5 Å². The van der Waals surface area contributed by atoms with E-state index in [0.717, 1.165) is 25.0 Å². The Hall–Kier alpha value is -1.83. The maximum atomic E-state index is 12.3. The largest absolute Gasteiger partial charge is 0.497 e. The second-order valence-corrected chi connectivity index (χ2v) is 7.10. The first kappa shape index (κ1) is 13.8. The zero-order valence-corrected chi connectivity index (χ0v) is 13.5. The molecule has 114 valence electrons. The number of rotatable bonds is 1. The molecule has 0 N–H and O–H groups in total. The van der Waals surface area contributed by atoms with Crippen molar-refractivity contribution < 1.29 is 9.53 Å². The number of allylic oxidation sites excluding steroid dienone is 4. The maximum Gasteiger partial charge on any atom is 0.146 e. The van der Waals surface area contributed by atoms with Gasteiger partial charge in [-0.15, -0.1) is 0 Å². The van der Waals surface area contributed by atoms with E-state index < -0.39 is 0 Å². The van der Waals surface area contributed by atoms with Gasteiger partial charge in [0.25, 0.3) is 0 Å². The van der Waals surface area contributed by atoms with Crippen molar-refractivity contribution in [1.82, 2.24) is 0 Å². The molecule has 2 heteroatoms. The molecule has 0 fully saturated rings. The van der Waals surface area contributed by atoms with Gasteiger partial charge < -0.3 is 4.74 Å². The van der Waals surface area contributed by atoms with Crippen molar-refractivity contribution in [1.29, 1.82) is 0 Å². The molecule has 3 aliphatic carbocycles. The summed E-state index contributed by atoms with van der Waals surface area (Å²) in [5.41, 5.74) is 6.78. The summed E-state index contributed by atoms with van der Waals surface area (Å²) in [6.45, 7) is 4.45. The minimum absolute atomic E-state index is 0.225. The van der Waals surface area contributed by atoms with Gasteiger partial charge in [0.15, 0.2) is 0 Å². The summed E-state index contributed by atoms with van der Waals surface area (Å²) in [7, 11) is 1.72. The normalized spacial score (nSPS) is 29.7. The lowest BCUT2D eigenvalue weighted by Crippen LogP contribution is -2.32. The van der Waals surface area contributed by atoms with E-state index in [1.54, 1.807) is 7.11 Å². The van der Waals surface area contributed by atoms with Gasteiger partial charge in [0, 0.05) is 6.42 Å². The molecule has 0 spiro atoms. The highest BCUT2D eigenvalue weighted by molar-refractivity contribution is 5.96. The Bertz CT molecular complexity index is 738. The van der Waals surface area contributed by atoms with Crippen LogP contribution in [0.3, 0.4) is 0 Å². The predicted molar refractivity (Wildman–Crippen MR) is 87.8 cm³/mol. The molecule has 2 atom stereocenters. The summed E-state index contributed by atoms with van der Waals surface area (Å²) in [5.74, 6) is 1.82. The van der Waals surface area contributed by atoms with Crippen LogP contribution < -0.4 is 4.74 Å². The minimum atomic E-state index is -0.225. The highest BCUT2D eigenvalue weighted by Crippen LogP contribution is 2.55. The molecule has 0 saturated carbocycles. The Morgan fingerprint density at radius 3 is 2.91 bits per heavy atom. The molecule has 1 aromatic carbocycles. The highest BCUT2D eigenvalue weighted by atomic mass is 16.5. The predicted octanol–water partition coefficient (Wildman–Crippen LogP) is 4.34. The molecule has 3 aliphatic rings. The van der Waals surface area contributed by atoms with Gasteiger partial charge in [-0.2, -0.15) is 0 Å². The van der Waals surface area contributed by atoms with Crippen molar-refractivity contribution in [3.63, 3.8) is 0 Å². The number of hydrogen-bond donors (Lipinski definition) is 0. The van der Waals surface area contributed by atoms with E-state index in [9.17, 15) is 4.79 Å². The number of hydrogen-bond acceptors (Lipinski definition) is 2. The number of ketones is 1. The van der Waals surface area contributed by atoms with Crippen LogP contribution in [-0.4, -0.2) is 12.9 Å². The second-order valence-electron chi connectivity index (χ2n) is 7.10. The summed E-state index contributed by atoms with van der Waals surface area (Å²) >= 11 is 0. The van der Waals surface area contributed by atoms with Gasteiger partial charge in [-0.05, 0) is 72.1 Å². The van der Waals surface area contributed by atoms with Crippen LogP contribution in [0.1, 0.15) is 44.2 Å². The van der Waals surface area contributed by atoms with Gasteiger partial charge >= 0.3 is 0 Å². The SMILES string of the molecule is COc1ccc2c(c1)CC(C)C1=C2CC[C@]2(C)C(=O)CC=C12. The summed E-state index contributed by atoms with van der Waals surface area (Å²) in [5, 5.41) is 0. The van der Waals surface area contributed by atoms with Crippen LogP contribution in [-0.2, 0) is 11.2 Å². The Balaban J connectivity index is 1.89. The Morgan fingerprint density at radius 1 is 1.32 bits per heavy atom. The van der Waals surface area contributed by atoms with Gasteiger partial charge in [-0.1, -0.05) is 19.1 Å². The number of Topliss-reactive ketones (excluding diaryl/α,β-unsaturated/α-hetero) is 1. The molecule has 4 rings (SSSR count). The molecule has 1 aromatic rings. The summed E-state index contributed by atoms with van der Waals surface area (Å²) in [6, 6.07) is 6.44. The third-order valence-corrected chi connectivity index (χ3v) is 5.85. The average Bonchev–Trinajstić information content (AvgIpc) is 2.82. The van der Waals surface area contributed by atoms with Crippen molar-refractivity contribution in [2.45, 2.75) is 39.5 Å². The number of carbonyl (C=O) groups is 1. The van der Waals surface area contributed by atoms with Gasteiger partial charge in [0.05, 0.1) is 12.5 Å². The monoisotopic (exact) mass is 294 g/mol. The highest BCUT2D eigenvalue weighted by Gasteiger charge is 2.46. The summed E-state index contributed by atoms with van der Waals surface area (Å²) < 4.78 is 5.38. The standard InChI is InChI=1S/C20H22O2/c1-12-10-13-11-14(22-3)4-5-15(13)16-8-9-20(2)17(19(12)16)6-7-18(20)21/h4-6,11-12H,7-10H2,1-3H3/t12?,20-/m0/s1. The first-order valence-corrected chi connectivity index (χ1v) is 8.19. The molecule has 0 heterocycles. The third kappa shape index (κ3) is 1.70. The van der Waals surface area contributed by atoms with Crippen molar-refractivity contribution in [3.05, 3.63) is 46.5 Å². The number of fused-ring (bicyclic) bond motifs is 4. The molecule has 0 saturated heterocycles. The molecule has 0 bridgehead atoms. The lowest BCUT2D eigenvalue weighted by atomic mass is 9.63. The minimum Gasteiger partial charge on any atom is -0.497 e. The molecule has 1 unspecified atom stereocenters. The topological polar surface area (TPSA) is 26.3 Å². The molecule has 0 radical (unpaired) electrons. The average molecular weight is 294 g/mol. The number of carbonyl (C=O) groups excluding carboxylic acids is 1. The quantitative estimate of drug-likeness (QED) is 0.770. The van der Waals surface area contributed by atoms with Crippen LogP contribution in [0, 0.1) is 11.3 Å². The van der Waals surface area contributed by atoms with E-state index >= 15 is 0 Å². The number of methoxy groups -OCH3 is 1. The van der Waals surface area contributed by atoms with Crippen LogP contribution in [0.4, 0.5) is 0 Å². The van der Waals surface area contributed by atoms with E-state index in [1.807, 2.05) is 0 Å². The lowest BCUT2D eigenvalue weighted by molar-refractivity contribution is -0.124. The lowest BCUT2D eigenvalue weighted by Gasteiger charge is -2.40. The van der Waals surface area contributed by atoms with E-state index in [2.05, 4.69) is 38.1 Å². The number of ether oxygens (including phenoxy) is 1. The zero-order chi connectivity index (χ0) is 15.5. The van der Waals surface area contributed by atoms with Crippen LogP contribution in [0.25, 0.3) is 5.57 Å². The summed E-state index contributed by atoms with van der Waals surface area (Å²) in [4.78, 5) is 12.3. The smallest absolute Gasteiger partial charge is 0.146 e. The Labute approximate surface area is 131 Å². The van der Waals surface area contributed by atoms with Crippen LogP contribution in [0.5, 0.6) is 5.75 Å². The van der Waals surface area contributed by atoms with E-state index in [1.165, 1.54) is 27.8 Å². The second kappa shape index (κ2) is 4.58. The van der Waals surface area contributed by atoms with Gasteiger partial charge in [-0.25, -0.2) is 0 Å². The van der Waals surface area contributed by atoms with Crippen molar-refractivity contribution in [3.8, 4) is 5.75 Å². The fraction of sp³-hybridized carbons (Fsp3) is 0.450. The Morgan fingerprint density at radius 2 is 2.14 bits per heavy atom. The van der Waals surface area contributed by atoms with Gasteiger partial charge in [0.2, 0.25) is 0 Å². The van der Waals surface area contributed by atoms with Crippen LogP contribution >= 0.6 is 0 Å². The molecular formula is C20H22O2. The summed E-state index contributed by atoms with van der Waals surface area (Å²) in [6.07, 6.45) is 5.81. The maximum absolute atomic E-state index is 12.3. The molecule has 22 heavy (non-hydrogen) atoms. The van der Waals surface area contributed by atoms with Gasteiger partial charge in [-0.3, -0.25) is 4.79 Å². The molecular weight excluding hydrogens is 272 g/mol. The van der Waals surface area contributed by atoms with Crippen molar-refractivity contribution >= 4 is 11.4 Å². The van der Waals surface area contributed by atoms with E-state index in [0.29, 0.717) is 18.1 Å². The third-order valence-electron chi connectivity index (χ3n) is 5.85. The molecule has 0 aromatic heterocycles. The fourth-order valence-corrected chi connectivity index (χ4v) is 4.58. The fourth-order valence-electron chi connectivity index (χ4n) is 4.58. The van der Waals surface area contributed by atoms with Crippen molar-refractivity contribution in [2.24, 2.45) is 11.3 Å². The van der Waals surface area contributed by atoms with E-state index in [-0.39, 0.29) is 5.41 Å². The molecule has 0 amide bonds. The Kier molecular flexibility index (Phi) is 2.87. The van der Waals surface area contributed by atoms with Crippen LogP contribution in [0.15, 0.2) is 35.4 Å². The number of benzene rings is 1. The van der Waals surface area contributed by atoms with Crippen LogP contribution in [0.2, 0.25) is 0 Å². The first-order chi connectivity index (χ1) is 10.5. The first-order valence-electron chi connectivity index (χ1n) is 8.19.